The monoisotopic (exact) mass is 336 g/mol. The van der Waals surface area contributed by atoms with Gasteiger partial charge in [-0.1, -0.05) is 11.6 Å². The molecular formula is C14H17ClN6O2. The molecule has 1 amide bonds. The number of halogens is 1. The molecule has 0 spiro atoms. The van der Waals surface area contributed by atoms with Gasteiger partial charge in [-0.25, -0.2) is 4.98 Å². The van der Waals surface area contributed by atoms with Crippen LogP contribution in [0, 0.1) is 5.92 Å². The molecule has 1 fully saturated rings. The topological polar surface area (TPSA) is 99.2 Å². The van der Waals surface area contributed by atoms with Crippen LogP contribution in [0.2, 0.25) is 5.02 Å². The molecule has 3 rings (SSSR count). The van der Waals surface area contributed by atoms with E-state index in [-0.39, 0.29) is 23.8 Å². The number of carbonyl (C=O) groups is 1. The highest BCUT2D eigenvalue weighted by Crippen LogP contribution is 2.37. The molecule has 122 valence electrons. The first-order valence-corrected chi connectivity index (χ1v) is 7.46. The van der Waals surface area contributed by atoms with E-state index in [9.17, 15) is 4.79 Å². The van der Waals surface area contributed by atoms with Gasteiger partial charge in [0.15, 0.2) is 5.82 Å². The molecule has 2 aromatic heterocycles. The van der Waals surface area contributed by atoms with Crippen LogP contribution in [0.5, 0.6) is 6.01 Å². The molecule has 1 saturated heterocycles. The largest absolute Gasteiger partial charge is 0.467 e. The second-order valence-electron chi connectivity index (χ2n) is 5.50. The Bertz CT molecular complexity index is 734. The molecule has 0 aromatic carbocycles. The number of nitrogens with two attached hydrogens (primary N) is 1. The van der Waals surface area contributed by atoms with Crippen LogP contribution in [0.15, 0.2) is 18.6 Å². The minimum Gasteiger partial charge on any atom is -0.467 e. The van der Waals surface area contributed by atoms with Gasteiger partial charge in [0.2, 0.25) is 5.91 Å². The Labute approximate surface area is 138 Å². The van der Waals surface area contributed by atoms with Gasteiger partial charge in [0.05, 0.1) is 25.4 Å². The molecule has 9 heteroatoms. The van der Waals surface area contributed by atoms with Crippen molar-refractivity contribution in [1.29, 1.82) is 0 Å². The Balaban J connectivity index is 1.93. The number of hydrogen-bond donors (Lipinski definition) is 1. The first-order chi connectivity index (χ1) is 11.0. The van der Waals surface area contributed by atoms with E-state index < -0.39 is 0 Å². The minimum absolute atomic E-state index is 0.0572. The summed E-state index contributed by atoms with van der Waals surface area (Å²) >= 11 is 6.20. The highest BCUT2D eigenvalue weighted by atomic mass is 35.5. The Hall–Kier alpha value is -2.35. The zero-order valence-electron chi connectivity index (χ0n) is 12.8. The normalized spacial score (nSPS) is 20.7. The molecule has 3 heterocycles. The summed E-state index contributed by atoms with van der Waals surface area (Å²) in [6, 6.07) is 0.227. The van der Waals surface area contributed by atoms with Crippen LogP contribution in [-0.4, -0.2) is 45.9 Å². The van der Waals surface area contributed by atoms with Gasteiger partial charge in [-0.3, -0.25) is 9.48 Å². The maximum Gasteiger partial charge on any atom is 0.318 e. The molecule has 1 aliphatic heterocycles. The first kappa shape index (κ1) is 15.5. The van der Waals surface area contributed by atoms with E-state index in [1.54, 1.807) is 10.9 Å². The van der Waals surface area contributed by atoms with Crippen molar-refractivity contribution in [3.05, 3.63) is 29.2 Å². The third-order valence-electron chi connectivity index (χ3n) is 4.02. The molecule has 2 atom stereocenters. The van der Waals surface area contributed by atoms with Gasteiger partial charge in [-0.05, 0) is 5.56 Å². The van der Waals surface area contributed by atoms with Crippen LogP contribution < -0.4 is 15.4 Å². The molecule has 0 unspecified atom stereocenters. The number of rotatable bonds is 4. The fraction of sp³-hybridized carbons (Fsp3) is 0.429. The van der Waals surface area contributed by atoms with E-state index in [1.165, 1.54) is 13.3 Å². The number of nitrogens with zero attached hydrogens (tertiary/aromatic N) is 5. The van der Waals surface area contributed by atoms with Crippen molar-refractivity contribution < 1.29 is 9.53 Å². The number of aryl methyl sites for hydroxylation is 1. The van der Waals surface area contributed by atoms with Crippen LogP contribution in [-0.2, 0) is 11.8 Å². The fourth-order valence-corrected chi connectivity index (χ4v) is 3.11. The highest BCUT2D eigenvalue weighted by Gasteiger charge is 2.39. The van der Waals surface area contributed by atoms with Crippen molar-refractivity contribution in [2.45, 2.75) is 5.92 Å². The number of aromatic nitrogens is 4. The van der Waals surface area contributed by atoms with E-state index in [4.69, 9.17) is 22.1 Å². The summed E-state index contributed by atoms with van der Waals surface area (Å²) in [7, 11) is 3.32. The van der Waals surface area contributed by atoms with Crippen molar-refractivity contribution in [2.75, 3.05) is 25.1 Å². The molecular weight excluding hydrogens is 320 g/mol. The van der Waals surface area contributed by atoms with Crippen molar-refractivity contribution in [3.8, 4) is 6.01 Å². The predicted octanol–water partition coefficient (Wildman–Crippen LogP) is 0.577. The molecule has 23 heavy (non-hydrogen) atoms. The molecule has 8 nitrogen and oxygen atoms in total. The SMILES string of the molecule is COc1ncc(Cl)c(N2C[C@H](C(N)=O)[C@@H](c3cnn(C)c3)C2)n1. The van der Waals surface area contributed by atoms with Gasteiger partial charge >= 0.3 is 6.01 Å². The summed E-state index contributed by atoms with van der Waals surface area (Å²) in [5.41, 5.74) is 6.55. The smallest absolute Gasteiger partial charge is 0.318 e. The third-order valence-corrected chi connectivity index (χ3v) is 4.29. The Morgan fingerprint density at radius 2 is 2.22 bits per heavy atom. The maximum atomic E-state index is 11.9. The Morgan fingerprint density at radius 1 is 1.43 bits per heavy atom. The second kappa shape index (κ2) is 6.04. The van der Waals surface area contributed by atoms with E-state index in [0.29, 0.717) is 23.9 Å². The van der Waals surface area contributed by atoms with Crippen molar-refractivity contribution in [2.24, 2.45) is 18.7 Å². The fourth-order valence-electron chi connectivity index (χ4n) is 2.90. The van der Waals surface area contributed by atoms with Crippen LogP contribution in [0.1, 0.15) is 11.5 Å². The standard InChI is InChI=1S/C14H17ClN6O2/c1-20-5-8(3-18-20)9-6-21(7-10(9)12(16)22)13-11(15)4-17-14(19-13)23-2/h3-5,9-10H,6-7H2,1-2H3,(H2,16,22)/t9-,10+/m1/s1. The van der Waals surface area contributed by atoms with E-state index >= 15 is 0 Å². The van der Waals surface area contributed by atoms with Crippen LogP contribution in [0.4, 0.5) is 5.82 Å². The third kappa shape index (κ3) is 2.94. The number of anilines is 1. The van der Waals surface area contributed by atoms with Crippen LogP contribution in [0.25, 0.3) is 0 Å². The van der Waals surface area contributed by atoms with Crippen LogP contribution >= 0.6 is 11.6 Å². The molecule has 2 N–H and O–H groups in total. The lowest BCUT2D eigenvalue weighted by atomic mass is 9.90. The summed E-state index contributed by atoms with van der Waals surface area (Å²) in [5, 5.41) is 4.58. The number of ether oxygens (including phenoxy) is 1. The lowest BCUT2D eigenvalue weighted by Crippen LogP contribution is -2.29. The van der Waals surface area contributed by atoms with Gasteiger partial charge in [-0.2, -0.15) is 10.1 Å². The number of carbonyl (C=O) groups excluding carboxylic acids is 1. The van der Waals surface area contributed by atoms with Crippen molar-refractivity contribution >= 4 is 23.3 Å². The average Bonchev–Trinajstić information content (AvgIpc) is 3.14. The molecule has 0 bridgehead atoms. The summed E-state index contributed by atoms with van der Waals surface area (Å²) < 4.78 is 6.75. The van der Waals surface area contributed by atoms with E-state index in [2.05, 4.69) is 15.1 Å². The second-order valence-corrected chi connectivity index (χ2v) is 5.90. The highest BCUT2D eigenvalue weighted by molar-refractivity contribution is 6.32. The van der Waals surface area contributed by atoms with Crippen molar-refractivity contribution in [3.63, 3.8) is 0 Å². The molecule has 0 saturated carbocycles. The number of hydrogen-bond acceptors (Lipinski definition) is 6. The average molecular weight is 337 g/mol. The molecule has 0 radical (unpaired) electrons. The quantitative estimate of drug-likeness (QED) is 0.876. The maximum absolute atomic E-state index is 11.9. The molecule has 0 aliphatic carbocycles. The Morgan fingerprint density at radius 3 is 2.83 bits per heavy atom. The van der Waals surface area contributed by atoms with Gasteiger partial charge in [0.1, 0.15) is 5.02 Å². The summed E-state index contributed by atoms with van der Waals surface area (Å²) in [5.74, 6) is -0.205. The Kier molecular flexibility index (Phi) is 4.08. The summed E-state index contributed by atoms with van der Waals surface area (Å²) in [4.78, 5) is 22.0. The van der Waals surface area contributed by atoms with Gasteiger partial charge < -0.3 is 15.4 Å². The summed E-state index contributed by atoms with van der Waals surface area (Å²) in [6.07, 6.45) is 5.14. The van der Waals surface area contributed by atoms with E-state index in [0.717, 1.165) is 5.56 Å². The lowest BCUT2D eigenvalue weighted by Gasteiger charge is -2.18. The molecule has 2 aromatic rings. The number of methoxy groups -OCH3 is 1. The first-order valence-electron chi connectivity index (χ1n) is 7.09. The van der Waals surface area contributed by atoms with E-state index in [1.807, 2.05) is 18.1 Å². The number of amides is 1. The zero-order valence-corrected chi connectivity index (χ0v) is 13.6. The van der Waals surface area contributed by atoms with Gasteiger partial charge in [-0.15, -0.1) is 0 Å². The van der Waals surface area contributed by atoms with Crippen LogP contribution in [0.3, 0.4) is 0 Å². The lowest BCUT2D eigenvalue weighted by molar-refractivity contribution is -0.121. The van der Waals surface area contributed by atoms with Crippen molar-refractivity contribution in [1.82, 2.24) is 19.7 Å². The summed E-state index contributed by atoms with van der Waals surface area (Å²) in [6.45, 7) is 1.01. The predicted molar refractivity (Wildman–Crippen MR) is 84.4 cm³/mol. The molecule has 1 aliphatic rings. The van der Waals surface area contributed by atoms with Gasteiger partial charge in [0, 0.05) is 32.3 Å². The van der Waals surface area contributed by atoms with Gasteiger partial charge in [0.25, 0.3) is 0 Å². The number of primary amides is 1. The zero-order chi connectivity index (χ0) is 16.6. The minimum atomic E-state index is -0.349.